The van der Waals surface area contributed by atoms with Crippen molar-refractivity contribution in [3.8, 4) is 17.2 Å². The van der Waals surface area contributed by atoms with Gasteiger partial charge in [0.15, 0.2) is 0 Å². The van der Waals surface area contributed by atoms with Crippen molar-refractivity contribution in [1.82, 2.24) is 0 Å². The minimum Gasteiger partial charge on any atom is -0.507 e. The summed E-state index contributed by atoms with van der Waals surface area (Å²) in [7, 11) is 3.01. The molecule has 5 nitrogen and oxygen atoms in total. The van der Waals surface area contributed by atoms with Crippen LogP contribution >= 0.6 is 0 Å². The Morgan fingerprint density at radius 1 is 1.26 bits per heavy atom. The van der Waals surface area contributed by atoms with Gasteiger partial charge in [-0.3, -0.25) is 0 Å². The van der Waals surface area contributed by atoms with Gasteiger partial charge in [-0.1, -0.05) is 6.42 Å². The first-order chi connectivity index (χ1) is 9.08. The van der Waals surface area contributed by atoms with Crippen molar-refractivity contribution in [3.63, 3.8) is 0 Å². The largest absolute Gasteiger partial charge is 0.507 e. The number of rotatable bonds is 5. The Labute approximate surface area is 113 Å². The second kappa shape index (κ2) is 5.67. The van der Waals surface area contributed by atoms with Crippen LogP contribution in [0.4, 0.5) is 0 Å². The van der Waals surface area contributed by atoms with E-state index in [2.05, 4.69) is 0 Å². The lowest BCUT2D eigenvalue weighted by Crippen LogP contribution is -2.36. The third-order valence-corrected chi connectivity index (χ3v) is 3.88. The van der Waals surface area contributed by atoms with E-state index in [1.807, 2.05) is 0 Å². The van der Waals surface area contributed by atoms with Crippen LogP contribution in [0.15, 0.2) is 12.1 Å². The Morgan fingerprint density at radius 2 is 1.95 bits per heavy atom. The van der Waals surface area contributed by atoms with E-state index >= 15 is 0 Å². The maximum absolute atomic E-state index is 10.2. The fraction of sp³-hybridized carbons (Fsp3) is 0.571. The van der Waals surface area contributed by atoms with E-state index in [0.29, 0.717) is 17.1 Å². The number of phenolic OH excluding ortho intramolecular Hbond substituents is 1. The summed E-state index contributed by atoms with van der Waals surface area (Å²) in [5, 5.41) is 20.3. The van der Waals surface area contributed by atoms with Crippen molar-refractivity contribution >= 4 is 0 Å². The Bertz CT molecular complexity index is 445. The maximum Gasteiger partial charge on any atom is 0.131 e. The lowest BCUT2D eigenvalue weighted by molar-refractivity contribution is 0.0401. The molecule has 0 heterocycles. The minimum atomic E-state index is -0.665. The number of benzene rings is 1. The Morgan fingerprint density at radius 3 is 2.42 bits per heavy atom. The molecule has 0 aliphatic heterocycles. The summed E-state index contributed by atoms with van der Waals surface area (Å²) in [4.78, 5) is 0. The molecule has 0 spiro atoms. The quantitative estimate of drug-likeness (QED) is 0.754. The summed E-state index contributed by atoms with van der Waals surface area (Å²) in [5.41, 5.74) is 6.52. The first-order valence-corrected chi connectivity index (χ1v) is 6.47. The van der Waals surface area contributed by atoms with Crippen molar-refractivity contribution in [3.05, 3.63) is 17.7 Å². The Balaban J connectivity index is 2.31. The van der Waals surface area contributed by atoms with Gasteiger partial charge in [-0.05, 0) is 18.8 Å². The van der Waals surface area contributed by atoms with Crippen LogP contribution in [0.1, 0.15) is 30.9 Å². The molecule has 106 valence electrons. The number of aliphatic hydroxyl groups is 1. The molecule has 0 radical (unpaired) electrons. The fourth-order valence-electron chi connectivity index (χ4n) is 2.45. The highest BCUT2D eigenvalue weighted by Crippen LogP contribution is 2.41. The van der Waals surface area contributed by atoms with E-state index < -0.39 is 12.1 Å². The molecule has 2 atom stereocenters. The number of aliphatic hydroxyl groups excluding tert-OH is 1. The number of hydrogen-bond donors (Lipinski definition) is 3. The summed E-state index contributed by atoms with van der Waals surface area (Å²) in [6.45, 7) is 0. The third kappa shape index (κ3) is 2.62. The lowest BCUT2D eigenvalue weighted by Gasteiger charge is -2.34. The second-order valence-corrected chi connectivity index (χ2v) is 4.97. The molecule has 19 heavy (non-hydrogen) atoms. The van der Waals surface area contributed by atoms with Gasteiger partial charge in [0.25, 0.3) is 0 Å². The molecule has 0 aromatic heterocycles. The molecule has 1 aliphatic carbocycles. The molecule has 1 saturated carbocycles. The highest BCUT2D eigenvalue weighted by Gasteiger charge is 2.33. The Kier molecular flexibility index (Phi) is 4.17. The normalized spacial score (nSPS) is 18.5. The molecule has 0 amide bonds. The molecule has 0 unspecified atom stereocenters. The summed E-state index contributed by atoms with van der Waals surface area (Å²) in [6, 6.07) is 2.47. The van der Waals surface area contributed by atoms with Crippen molar-refractivity contribution in [2.75, 3.05) is 14.2 Å². The van der Waals surface area contributed by atoms with Crippen LogP contribution in [0.2, 0.25) is 0 Å². The SMILES string of the molecule is COc1cc(O)c([C@H](N)[C@H](O)C2CCC2)c(OC)c1. The first-order valence-electron chi connectivity index (χ1n) is 6.47. The van der Waals surface area contributed by atoms with Gasteiger partial charge in [-0.2, -0.15) is 0 Å². The molecule has 2 rings (SSSR count). The van der Waals surface area contributed by atoms with Gasteiger partial charge in [0.05, 0.1) is 31.9 Å². The third-order valence-electron chi connectivity index (χ3n) is 3.88. The van der Waals surface area contributed by atoms with Crippen LogP contribution in [0.25, 0.3) is 0 Å². The molecule has 1 aliphatic rings. The summed E-state index contributed by atoms with van der Waals surface area (Å²) in [5.74, 6) is 1.12. The van der Waals surface area contributed by atoms with Gasteiger partial charge < -0.3 is 25.4 Å². The average Bonchev–Trinajstić information content (AvgIpc) is 2.34. The molecule has 0 saturated heterocycles. The number of ether oxygens (including phenoxy) is 2. The van der Waals surface area contributed by atoms with E-state index in [0.717, 1.165) is 19.3 Å². The van der Waals surface area contributed by atoms with E-state index in [4.69, 9.17) is 15.2 Å². The van der Waals surface area contributed by atoms with Crippen molar-refractivity contribution < 1.29 is 19.7 Å². The minimum absolute atomic E-state index is 0.0120. The molecule has 4 N–H and O–H groups in total. The standard InChI is InChI=1S/C14H21NO4/c1-18-9-6-10(16)12(11(7-9)19-2)13(15)14(17)8-4-3-5-8/h6-8,13-14,16-17H,3-5,15H2,1-2H3/t13-,14+/m0/s1. The number of phenols is 1. The van der Waals surface area contributed by atoms with Gasteiger partial charge in [-0.25, -0.2) is 0 Å². The number of methoxy groups -OCH3 is 2. The van der Waals surface area contributed by atoms with Crippen LogP contribution in [-0.4, -0.2) is 30.5 Å². The average molecular weight is 267 g/mol. The zero-order valence-corrected chi connectivity index (χ0v) is 11.3. The van der Waals surface area contributed by atoms with E-state index in [9.17, 15) is 10.2 Å². The molecule has 5 heteroatoms. The van der Waals surface area contributed by atoms with Gasteiger partial charge in [-0.15, -0.1) is 0 Å². The van der Waals surface area contributed by atoms with Crippen LogP contribution in [0.5, 0.6) is 17.2 Å². The van der Waals surface area contributed by atoms with Crippen LogP contribution in [-0.2, 0) is 0 Å². The Hall–Kier alpha value is -1.46. The number of hydrogen-bond acceptors (Lipinski definition) is 5. The molecule has 1 aromatic carbocycles. The predicted molar refractivity (Wildman–Crippen MR) is 71.5 cm³/mol. The van der Waals surface area contributed by atoms with E-state index in [-0.39, 0.29) is 11.7 Å². The lowest BCUT2D eigenvalue weighted by atomic mass is 9.77. The predicted octanol–water partition coefficient (Wildman–Crippen LogP) is 1.57. The van der Waals surface area contributed by atoms with Crippen LogP contribution in [0, 0.1) is 5.92 Å². The topological polar surface area (TPSA) is 84.9 Å². The zero-order valence-electron chi connectivity index (χ0n) is 11.3. The first kappa shape index (κ1) is 14.0. The molecule has 0 bridgehead atoms. The monoisotopic (exact) mass is 267 g/mol. The summed E-state index contributed by atoms with van der Waals surface area (Å²) in [6.07, 6.45) is 2.42. The smallest absolute Gasteiger partial charge is 0.131 e. The highest BCUT2D eigenvalue weighted by molar-refractivity contribution is 5.51. The number of nitrogens with two attached hydrogens (primary N) is 1. The van der Waals surface area contributed by atoms with Crippen molar-refractivity contribution in [2.24, 2.45) is 11.7 Å². The van der Waals surface area contributed by atoms with Gasteiger partial charge >= 0.3 is 0 Å². The molecular weight excluding hydrogens is 246 g/mol. The fourth-order valence-corrected chi connectivity index (χ4v) is 2.45. The van der Waals surface area contributed by atoms with Crippen molar-refractivity contribution in [1.29, 1.82) is 0 Å². The number of aromatic hydroxyl groups is 1. The highest BCUT2D eigenvalue weighted by atomic mass is 16.5. The van der Waals surface area contributed by atoms with Crippen LogP contribution in [0.3, 0.4) is 0 Å². The molecule has 1 aromatic rings. The zero-order chi connectivity index (χ0) is 14.0. The van der Waals surface area contributed by atoms with E-state index in [1.165, 1.54) is 20.3 Å². The van der Waals surface area contributed by atoms with Crippen LogP contribution < -0.4 is 15.2 Å². The second-order valence-electron chi connectivity index (χ2n) is 4.97. The molecular formula is C14H21NO4. The summed E-state index contributed by atoms with van der Waals surface area (Å²) < 4.78 is 10.3. The van der Waals surface area contributed by atoms with Gasteiger partial charge in [0.1, 0.15) is 17.2 Å². The van der Waals surface area contributed by atoms with Gasteiger partial charge in [0.2, 0.25) is 0 Å². The van der Waals surface area contributed by atoms with Crippen molar-refractivity contribution in [2.45, 2.75) is 31.4 Å². The van der Waals surface area contributed by atoms with Gasteiger partial charge in [0, 0.05) is 12.1 Å². The summed E-state index contributed by atoms with van der Waals surface area (Å²) >= 11 is 0. The van der Waals surface area contributed by atoms with E-state index in [1.54, 1.807) is 6.07 Å². The molecule has 1 fully saturated rings. The maximum atomic E-state index is 10.2.